The number of aryl methyl sites for hydroxylation is 3. The maximum atomic E-state index is 4.81. The smallest absolute Gasteiger partial charge is 0.191 e. The summed E-state index contributed by atoms with van der Waals surface area (Å²) in [5, 5.41) is 8.04. The Hall–Kier alpha value is -1.10. The van der Waals surface area contributed by atoms with Crippen LogP contribution in [-0.2, 0) is 19.3 Å². The molecule has 0 aliphatic heterocycles. The van der Waals surface area contributed by atoms with Crippen LogP contribution in [0.3, 0.4) is 0 Å². The quantitative estimate of drug-likeness (QED) is 0.460. The Balaban J connectivity index is 1.73. The normalized spacial score (nSPS) is 15.0. The van der Waals surface area contributed by atoms with Crippen LogP contribution < -0.4 is 10.6 Å². The van der Waals surface area contributed by atoms with Crippen molar-refractivity contribution in [3.05, 3.63) is 15.6 Å². The maximum Gasteiger partial charge on any atom is 0.191 e. The van der Waals surface area contributed by atoms with Gasteiger partial charge in [0, 0.05) is 30.9 Å². The fraction of sp³-hybridized carbons (Fsp3) is 0.765. The van der Waals surface area contributed by atoms with Crippen molar-refractivity contribution in [2.45, 2.75) is 59.3 Å². The monoisotopic (exact) mass is 322 g/mol. The highest BCUT2D eigenvalue weighted by Crippen LogP contribution is 2.27. The Labute approximate surface area is 138 Å². The number of guanidine groups is 1. The summed E-state index contributed by atoms with van der Waals surface area (Å²) < 4.78 is 0. The van der Waals surface area contributed by atoms with Crippen molar-refractivity contribution < 1.29 is 0 Å². The van der Waals surface area contributed by atoms with Gasteiger partial charge in [0.1, 0.15) is 0 Å². The van der Waals surface area contributed by atoms with Gasteiger partial charge in [-0.25, -0.2) is 4.98 Å². The van der Waals surface area contributed by atoms with Gasteiger partial charge in [-0.3, -0.25) is 4.99 Å². The molecule has 0 spiro atoms. The number of aromatic nitrogens is 1. The van der Waals surface area contributed by atoms with E-state index in [-0.39, 0.29) is 0 Å². The highest BCUT2D eigenvalue weighted by Gasteiger charge is 2.14. The molecule has 0 amide bonds. The molecule has 1 aliphatic carbocycles. The lowest BCUT2D eigenvalue weighted by atomic mass is 10.0. The second kappa shape index (κ2) is 9.13. The summed E-state index contributed by atoms with van der Waals surface area (Å²) in [6.07, 6.45) is 7.28. The minimum Gasteiger partial charge on any atom is -0.357 e. The Bertz CT molecular complexity index is 456. The highest BCUT2D eigenvalue weighted by molar-refractivity contribution is 7.11. The van der Waals surface area contributed by atoms with Crippen LogP contribution in [0.5, 0.6) is 0 Å². The van der Waals surface area contributed by atoms with Gasteiger partial charge in [-0.05, 0) is 44.9 Å². The molecule has 1 aromatic rings. The summed E-state index contributed by atoms with van der Waals surface area (Å²) in [5.41, 5.74) is 1.38. The van der Waals surface area contributed by atoms with Crippen molar-refractivity contribution in [2.75, 3.05) is 19.6 Å². The molecule has 5 heteroatoms. The molecular weight excluding hydrogens is 292 g/mol. The second-order valence-corrected chi connectivity index (χ2v) is 7.50. The van der Waals surface area contributed by atoms with Crippen molar-refractivity contribution in [3.8, 4) is 0 Å². The van der Waals surface area contributed by atoms with E-state index in [1.807, 2.05) is 11.3 Å². The highest BCUT2D eigenvalue weighted by atomic mass is 32.1. The summed E-state index contributed by atoms with van der Waals surface area (Å²) in [4.78, 5) is 10.9. The van der Waals surface area contributed by atoms with Gasteiger partial charge in [0.15, 0.2) is 5.96 Å². The Morgan fingerprint density at radius 2 is 2.09 bits per heavy atom. The number of thiazole rings is 1. The molecule has 0 radical (unpaired) electrons. The summed E-state index contributed by atoms with van der Waals surface area (Å²) >= 11 is 1.93. The van der Waals surface area contributed by atoms with E-state index in [4.69, 9.17) is 4.98 Å². The third kappa shape index (κ3) is 5.59. The van der Waals surface area contributed by atoms with Gasteiger partial charge in [0.05, 0.1) is 10.7 Å². The fourth-order valence-corrected chi connectivity index (χ4v) is 3.77. The average Bonchev–Trinajstić information content (AvgIpc) is 2.91. The third-order valence-electron chi connectivity index (χ3n) is 3.71. The Kier molecular flexibility index (Phi) is 7.16. The fourth-order valence-electron chi connectivity index (χ4n) is 2.57. The van der Waals surface area contributed by atoms with Crippen molar-refractivity contribution in [1.29, 1.82) is 0 Å². The van der Waals surface area contributed by atoms with Crippen molar-refractivity contribution in [2.24, 2.45) is 10.9 Å². The lowest BCUT2D eigenvalue weighted by molar-refractivity contribution is 0.653. The summed E-state index contributed by atoms with van der Waals surface area (Å²) in [6, 6.07) is 0. The van der Waals surface area contributed by atoms with E-state index in [0.717, 1.165) is 38.4 Å². The van der Waals surface area contributed by atoms with E-state index in [2.05, 4.69) is 36.4 Å². The molecule has 124 valence electrons. The summed E-state index contributed by atoms with van der Waals surface area (Å²) in [5.74, 6) is 1.53. The summed E-state index contributed by atoms with van der Waals surface area (Å²) in [7, 11) is 0. The molecule has 0 saturated carbocycles. The maximum absolute atomic E-state index is 4.81. The van der Waals surface area contributed by atoms with Crippen LogP contribution in [0, 0.1) is 5.92 Å². The number of hydrogen-bond acceptors (Lipinski definition) is 3. The molecule has 0 bridgehead atoms. The lowest BCUT2D eigenvalue weighted by Gasteiger charge is -2.11. The van der Waals surface area contributed by atoms with Gasteiger partial charge >= 0.3 is 0 Å². The van der Waals surface area contributed by atoms with Gasteiger partial charge in [0.25, 0.3) is 0 Å². The SMILES string of the molecule is CCNC(=NCC(C)C)NCCCc1nc2c(s1)CCCC2. The van der Waals surface area contributed by atoms with Gasteiger partial charge in [-0.1, -0.05) is 13.8 Å². The predicted octanol–water partition coefficient (Wildman–Crippen LogP) is 3.17. The molecule has 1 heterocycles. The molecule has 4 nitrogen and oxygen atoms in total. The first-order valence-corrected chi connectivity index (χ1v) is 9.50. The van der Waals surface area contributed by atoms with Crippen LogP contribution in [0.25, 0.3) is 0 Å². The second-order valence-electron chi connectivity index (χ2n) is 6.33. The van der Waals surface area contributed by atoms with Crippen LogP contribution in [0.4, 0.5) is 0 Å². The molecular formula is C17H30N4S. The minimum atomic E-state index is 0.595. The average molecular weight is 323 g/mol. The van der Waals surface area contributed by atoms with Crippen molar-refractivity contribution in [1.82, 2.24) is 15.6 Å². The molecule has 22 heavy (non-hydrogen) atoms. The molecule has 1 aliphatic rings. The topological polar surface area (TPSA) is 49.3 Å². The largest absolute Gasteiger partial charge is 0.357 e. The molecule has 0 aromatic carbocycles. The van der Waals surface area contributed by atoms with E-state index < -0.39 is 0 Å². The zero-order valence-electron chi connectivity index (χ0n) is 14.2. The Morgan fingerprint density at radius 1 is 1.27 bits per heavy atom. The third-order valence-corrected chi connectivity index (χ3v) is 4.93. The van der Waals surface area contributed by atoms with Crippen LogP contribution >= 0.6 is 11.3 Å². The number of nitrogens with zero attached hydrogens (tertiary/aromatic N) is 2. The number of hydrogen-bond donors (Lipinski definition) is 2. The zero-order valence-corrected chi connectivity index (χ0v) is 15.1. The van der Waals surface area contributed by atoms with Crippen LogP contribution in [0.2, 0.25) is 0 Å². The molecule has 2 rings (SSSR count). The van der Waals surface area contributed by atoms with Gasteiger partial charge < -0.3 is 10.6 Å². The minimum absolute atomic E-state index is 0.595. The number of nitrogens with one attached hydrogen (secondary N) is 2. The van der Waals surface area contributed by atoms with Gasteiger partial charge in [0.2, 0.25) is 0 Å². The molecule has 0 saturated heterocycles. The summed E-state index contributed by atoms with van der Waals surface area (Å²) in [6.45, 7) is 9.22. The Morgan fingerprint density at radius 3 is 2.82 bits per heavy atom. The number of rotatable bonds is 7. The van der Waals surface area contributed by atoms with E-state index in [1.165, 1.54) is 36.4 Å². The van der Waals surface area contributed by atoms with E-state index >= 15 is 0 Å². The number of aliphatic imine (C=N–C) groups is 1. The lowest BCUT2D eigenvalue weighted by Crippen LogP contribution is -2.38. The van der Waals surface area contributed by atoms with Crippen LogP contribution in [-0.4, -0.2) is 30.6 Å². The van der Waals surface area contributed by atoms with Gasteiger partial charge in [-0.15, -0.1) is 11.3 Å². The zero-order chi connectivity index (χ0) is 15.8. The van der Waals surface area contributed by atoms with Crippen molar-refractivity contribution in [3.63, 3.8) is 0 Å². The first-order chi connectivity index (χ1) is 10.7. The first kappa shape index (κ1) is 17.3. The van der Waals surface area contributed by atoms with Gasteiger partial charge in [-0.2, -0.15) is 0 Å². The van der Waals surface area contributed by atoms with Crippen LogP contribution in [0.1, 0.15) is 55.6 Å². The molecule has 0 atom stereocenters. The molecule has 0 fully saturated rings. The molecule has 2 N–H and O–H groups in total. The van der Waals surface area contributed by atoms with Crippen LogP contribution in [0.15, 0.2) is 4.99 Å². The molecule has 1 aromatic heterocycles. The van der Waals surface area contributed by atoms with E-state index in [1.54, 1.807) is 4.88 Å². The standard InChI is InChI=1S/C17H30N4S/c1-4-18-17(20-12-13(2)3)19-11-7-10-16-21-14-8-5-6-9-15(14)22-16/h13H,4-12H2,1-3H3,(H2,18,19,20). The number of fused-ring (bicyclic) bond motifs is 1. The van der Waals surface area contributed by atoms with E-state index in [9.17, 15) is 0 Å². The van der Waals surface area contributed by atoms with Crippen molar-refractivity contribution >= 4 is 17.3 Å². The predicted molar refractivity (Wildman–Crippen MR) is 95.9 cm³/mol. The van der Waals surface area contributed by atoms with E-state index in [0.29, 0.717) is 5.92 Å². The first-order valence-electron chi connectivity index (χ1n) is 8.68. The molecule has 0 unspecified atom stereocenters.